The van der Waals surface area contributed by atoms with Gasteiger partial charge in [0.25, 0.3) is 0 Å². The fourth-order valence-electron chi connectivity index (χ4n) is 2.78. The summed E-state index contributed by atoms with van der Waals surface area (Å²) < 4.78 is 21.2. The summed E-state index contributed by atoms with van der Waals surface area (Å²) in [5.74, 6) is 1.08. The van der Waals surface area contributed by atoms with Crippen molar-refractivity contribution in [1.29, 1.82) is 0 Å². The predicted molar refractivity (Wildman–Crippen MR) is 110 cm³/mol. The van der Waals surface area contributed by atoms with Crippen LogP contribution in [0.2, 0.25) is 5.02 Å². The number of hydrogen-bond donors (Lipinski definition) is 0. The minimum atomic E-state index is -0.502. The second-order valence-electron chi connectivity index (χ2n) is 6.48. The number of esters is 1. The van der Waals surface area contributed by atoms with Crippen molar-refractivity contribution in [3.8, 4) is 11.5 Å². The Kier molecular flexibility index (Phi) is 6.77. The molecule has 1 heterocycles. The quantitative estimate of drug-likeness (QED) is 0.302. The van der Waals surface area contributed by atoms with E-state index in [1.54, 1.807) is 43.5 Å². The molecule has 0 amide bonds. The summed E-state index contributed by atoms with van der Waals surface area (Å²) in [6.45, 7) is 2.18. The summed E-state index contributed by atoms with van der Waals surface area (Å²) in [5.41, 5.74) is 1.27. The lowest BCUT2D eigenvalue weighted by Crippen LogP contribution is -2.09. The third-order valence-corrected chi connectivity index (χ3v) is 4.76. The smallest absolute Gasteiger partial charge is 0.336 e. The number of aryl methyl sites for hydroxylation is 1. The minimum absolute atomic E-state index is 0.0281. The number of methoxy groups -OCH3 is 1. The Hall–Kier alpha value is -2.99. The summed E-state index contributed by atoms with van der Waals surface area (Å²) in [6, 6.07) is 11.9. The molecule has 152 valence electrons. The number of carbonyl (C=O) groups is 1. The normalized spacial score (nSPS) is 10.7. The van der Waals surface area contributed by atoms with Crippen LogP contribution in [0.4, 0.5) is 0 Å². The molecular formula is C22H21ClO6. The number of carbonyl (C=O) groups excluding carboxylic acids is 1. The first-order valence-electron chi connectivity index (χ1n) is 9.11. The van der Waals surface area contributed by atoms with E-state index in [1.165, 1.54) is 6.07 Å². The standard InChI is InChI=1S/C22H21ClO6/c1-14-10-20-18(12-19(14)23)15(11-22(25)29-20)13-28-21(24)4-3-9-27-17-7-5-16(26-2)6-8-17/h5-8,10-12H,3-4,9,13H2,1-2H3. The van der Waals surface area contributed by atoms with Crippen molar-refractivity contribution >= 4 is 28.5 Å². The average molecular weight is 417 g/mol. The maximum atomic E-state index is 12.0. The molecule has 3 aromatic rings. The number of hydrogen-bond acceptors (Lipinski definition) is 6. The van der Waals surface area contributed by atoms with Crippen LogP contribution in [0.1, 0.15) is 24.0 Å². The van der Waals surface area contributed by atoms with Crippen LogP contribution in [0, 0.1) is 6.92 Å². The molecule has 0 aliphatic carbocycles. The van der Waals surface area contributed by atoms with Crippen molar-refractivity contribution in [2.75, 3.05) is 13.7 Å². The second kappa shape index (κ2) is 9.47. The molecule has 29 heavy (non-hydrogen) atoms. The molecule has 3 rings (SSSR count). The molecule has 0 atom stereocenters. The lowest BCUT2D eigenvalue weighted by Gasteiger charge is -2.09. The Morgan fingerprint density at radius 3 is 2.55 bits per heavy atom. The zero-order chi connectivity index (χ0) is 20.8. The lowest BCUT2D eigenvalue weighted by atomic mass is 10.1. The van der Waals surface area contributed by atoms with E-state index in [9.17, 15) is 9.59 Å². The van der Waals surface area contributed by atoms with Crippen LogP contribution in [-0.2, 0) is 16.1 Å². The molecule has 0 spiro atoms. The van der Waals surface area contributed by atoms with Crippen LogP contribution in [-0.4, -0.2) is 19.7 Å². The first-order chi connectivity index (χ1) is 14.0. The number of rotatable bonds is 8. The van der Waals surface area contributed by atoms with Crippen molar-refractivity contribution in [3.05, 3.63) is 69.0 Å². The van der Waals surface area contributed by atoms with E-state index in [-0.39, 0.29) is 19.0 Å². The zero-order valence-electron chi connectivity index (χ0n) is 16.2. The molecule has 7 heteroatoms. The molecule has 0 aliphatic rings. The molecule has 0 radical (unpaired) electrons. The summed E-state index contributed by atoms with van der Waals surface area (Å²) >= 11 is 6.17. The summed E-state index contributed by atoms with van der Waals surface area (Å²) in [7, 11) is 1.60. The number of halogens is 1. The van der Waals surface area contributed by atoms with Crippen molar-refractivity contribution in [2.24, 2.45) is 0 Å². The van der Waals surface area contributed by atoms with Gasteiger partial charge in [0.2, 0.25) is 0 Å². The molecule has 1 aromatic heterocycles. The number of ether oxygens (including phenoxy) is 3. The lowest BCUT2D eigenvalue weighted by molar-refractivity contribution is -0.145. The predicted octanol–water partition coefficient (Wildman–Crippen LogP) is 4.67. The highest BCUT2D eigenvalue weighted by molar-refractivity contribution is 6.32. The average Bonchev–Trinajstić information content (AvgIpc) is 2.71. The number of fused-ring (bicyclic) bond motifs is 1. The van der Waals surface area contributed by atoms with Gasteiger partial charge >= 0.3 is 11.6 Å². The van der Waals surface area contributed by atoms with Crippen molar-refractivity contribution in [2.45, 2.75) is 26.4 Å². The van der Waals surface area contributed by atoms with Gasteiger partial charge < -0.3 is 18.6 Å². The topological polar surface area (TPSA) is 75.0 Å². The Balaban J connectivity index is 1.51. The first kappa shape index (κ1) is 20.7. The Labute approximate surface area is 172 Å². The van der Waals surface area contributed by atoms with Gasteiger partial charge in [-0.15, -0.1) is 0 Å². The van der Waals surface area contributed by atoms with Crippen molar-refractivity contribution < 1.29 is 23.4 Å². The van der Waals surface area contributed by atoms with Gasteiger partial charge in [0.15, 0.2) is 0 Å². The fraction of sp³-hybridized carbons (Fsp3) is 0.273. The van der Waals surface area contributed by atoms with Gasteiger partial charge in [0.05, 0.1) is 13.7 Å². The van der Waals surface area contributed by atoms with Crippen molar-refractivity contribution in [1.82, 2.24) is 0 Å². The van der Waals surface area contributed by atoms with Gasteiger partial charge in [-0.05, 0) is 55.3 Å². The highest BCUT2D eigenvalue weighted by atomic mass is 35.5. The van der Waals surface area contributed by atoms with Crippen LogP contribution in [0.3, 0.4) is 0 Å². The molecule has 0 unspecified atom stereocenters. The minimum Gasteiger partial charge on any atom is -0.497 e. The van der Waals surface area contributed by atoms with Gasteiger partial charge in [-0.1, -0.05) is 11.6 Å². The third kappa shape index (κ3) is 5.51. The molecule has 6 nitrogen and oxygen atoms in total. The van der Waals surface area contributed by atoms with Gasteiger partial charge in [-0.2, -0.15) is 0 Å². The fourth-order valence-corrected chi connectivity index (χ4v) is 2.94. The Bertz CT molecular complexity index is 1060. The van der Waals surface area contributed by atoms with Crippen LogP contribution in [0.5, 0.6) is 11.5 Å². The zero-order valence-corrected chi connectivity index (χ0v) is 17.0. The van der Waals surface area contributed by atoms with Crippen LogP contribution in [0.25, 0.3) is 11.0 Å². The van der Waals surface area contributed by atoms with Crippen LogP contribution >= 0.6 is 11.6 Å². The second-order valence-corrected chi connectivity index (χ2v) is 6.88. The molecule has 0 aliphatic heterocycles. The number of benzene rings is 2. The maximum Gasteiger partial charge on any atom is 0.336 e. The van der Waals surface area contributed by atoms with Crippen LogP contribution < -0.4 is 15.1 Å². The van der Waals surface area contributed by atoms with Gasteiger partial charge in [0.1, 0.15) is 23.7 Å². The van der Waals surface area contributed by atoms with Crippen LogP contribution in [0.15, 0.2) is 51.7 Å². The van der Waals surface area contributed by atoms with E-state index in [1.807, 2.05) is 6.92 Å². The molecule has 2 aromatic carbocycles. The first-order valence-corrected chi connectivity index (χ1v) is 9.49. The molecular weight excluding hydrogens is 396 g/mol. The van der Waals surface area contributed by atoms with Gasteiger partial charge in [-0.3, -0.25) is 4.79 Å². The van der Waals surface area contributed by atoms with E-state index in [4.69, 9.17) is 30.2 Å². The monoisotopic (exact) mass is 416 g/mol. The highest BCUT2D eigenvalue weighted by Crippen LogP contribution is 2.25. The summed E-state index contributed by atoms with van der Waals surface area (Å²) in [4.78, 5) is 23.8. The molecule has 0 bridgehead atoms. The van der Waals surface area contributed by atoms with Gasteiger partial charge in [-0.25, -0.2) is 4.79 Å². The SMILES string of the molecule is COc1ccc(OCCCC(=O)OCc2cc(=O)oc3cc(C)c(Cl)cc23)cc1. The van der Waals surface area contributed by atoms with E-state index < -0.39 is 5.63 Å². The van der Waals surface area contributed by atoms with E-state index in [0.717, 1.165) is 11.3 Å². The highest BCUT2D eigenvalue weighted by Gasteiger charge is 2.11. The Morgan fingerprint density at radius 2 is 1.83 bits per heavy atom. The Morgan fingerprint density at radius 1 is 1.10 bits per heavy atom. The molecule has 0 fully saturated rings. The van der Waals surface area contributed by atoms with E-state index in [0.29, 0.717) is 40.3 Å². The maximum absolute atomic E-state index is 12.0. The molecule has 0 saturated carbocycles. The largest absolute Gasteiger partial charge is 0.497 e. The van der Waals surface area contributed by atoms with E-state index >= 15 is 0 Å². The van der Waals surface area contributed by atoms with E-state index in [2.05, 4.69) is 0 Å². The molecule has 0 N–H and O–H groups in total. The third-order valence-electron chi connectivity index (χ3n) is 4.35. The summed E-state index contributed by atoms with van der Waals surface area (Å²) in [5, 5.41) is 1.20. The summed E-state index contributed by atoms with van der Waals surface area (Å²) in [6.07, 6.45) is 0.711. The molecule has 0 saturated heterocycles. The van der Waals surface area contributed by atoms with Crippen molar-refractivity contribution in [3.63, 3.8) is 0 Å². The van der Waals surface area contributed by atoms with Gasteiger partial charge in [0, 0.05) is 28.5 Å².